The van der Waals surface area contributed by atoms with E-state index in [0.29, 0.717) is 31.6 Å². The van der Waals surface area contributed by atoms with Gasteiger partial charge >= 0.3 is 39.5 Å². The van der Waals surface area contributed by atoms with Gasteiger partial charge in [-0.3, -0.25) is 37.3 Å². The number of hydrogen-bond acceptors (Lipinski definition) is 15. The minimum atomic E-state index is -4.97. The zero-order chi connectivity index (χ0) is 77.1. The van der Waals surface area contributed by atoms with Gasteiger partial charge in [0.15, 0.2) is 12.2 Å². The molecule has 0 aromatic carbocycles. The molecular weight excluding hydrogens is 1370 g/mol. The molecule has 0 aromatic rings. The van der Waals surface area contributed by atoms with E-state index >= 15 is 0 Å². The monoisotopic (exact) mass is 1540 g/mol. The maximum absolute atomic E-state index is 13.1. The van der Waals surface area contributed by atoms with Gasteiger partial charge in [0.25, 0.3) is 0 Å². The second kappa shape index (κ2) is 77.4. The molecule has 6 atom stereocenters. The van der Waals surface area contributed by atoms with E-state index in [1.54, 1.807) is 0 Å². The first kappa shape index (κ1) is 103. The summed E-state index contributed by atoms with van der Waals surface area (Å²) in [7, 11) is -9.93. The molecule has 0 spiro atoms. The number of ether oxygens (including phenoxy) is 4. The van der Waals surface area contributed by atoms with Crippen LogP contribution in [-0.4, -0.2) is 96.7 Å². The van der Waals surface area contributed by atoms with Crippen LogP contribution in [0.4, 0.5) is 0 Å². The van der Waals surface area contributed by atoms with Gasteiger partial charge in [-0.15, -0.1) is 0 Å². The van der Waals surface area contributed by atoms with Crippen molar-refractivity contribution >= 4 is 39.5 Å². The van der Waals surface area contributed by atoms with E-state index in [9.17, 15) is 43.2 Å². The van der Waals surface area contributed by atoms with Gasteiger partial charge in [-0.1, -0.05) is 408 Å². The maximum Gasteiger partial charge on any atom is 0.472 e. The van der Waals surface area contributed by atoms with Crippen LogP contribution in [-0.2, 0) is 65.4 Å². The van der Waals surface area contributed by atoms with Crippen LogP contribution in [0.3, 0.4) is 0 Å². The number of aliphatic hydroxyl groups is 1. The van der Waals surface area contributed by atoms with Gasteiger partial charge in [0.1, 0.15) is 19.3 Å². The summed E-state index contributed by atoms with van der Waals surface area (Å²) in [4.78, 5) is 73.2. The third-order valence-electron chi connectivity index (χ3n) is 20.6. The smallest absolute Gasteiger partial charge is 0.462 e. The molecule has 17 nitrogen and oxygen atoms in total. The van der Waals surface area contributed by atoms with Crippen molar-refractivity contribution in [2.75, 3.05) is 39.6 Å². The summed E-state index contributed by atoms with van der Waals surface area (Å²) >= 11 is 0. The van der Waals surface area contributed by atoms with Gasteiger partial charge in [0.2, 0.25) is 0 Å². The summed E-state index contributed by atoms with van der Waals surface area (Å²) in [5.41, 5.74) is 0. The van der Waals surface area contributed by atoms with E-state index < -0.39 is 97.5 Å². The lowest BCUT2D eigenvalue weighted by atomic mass is 9.99. The minimum Gasteiger partial charge on any atom is -0.462 e. The molecule has 0 saturated heterocycles. The van der Waals surface area contributed by atoms with Crippen molar-refractivity contribution in [1.82, 2.24) is 0 Å². The van der Waals surface area contributed by atoms with Crippen molar-refractivity contribution in [3.63, 3.8) is 0 Å². The van der Waals surface area contributed by atoms with Crippen LogP contribution in [0.2, 0.25) is 0 Å². The number of rotatable bonds is 85. The molecule has 0 bridgehead atoms. The molecule has 0 amide bonds. The molecule has 19 heteroatoms. The van der Waals surface area contributed by atoms with E-state index in [1.165, 1.54) is 270 Å². The molecule has 3 unspecified atom stereocenters. The Balaban J connectivity index is 5.21. The highest BCUT2D eigenvalue weighted by molar-refractivity contribution is 7.47. The summed E-state index contributed by atoms with van der Waals surface area (Å²) in [6, 6.07) is 0. The van der Waals surface area contributed by atoms with Gasteiger partial charge < -0.3 is 33.8 Å². The zero-order valence-electron chi connectivity index (χ0n) is 69.0. The van der Waals surface area contributed by atoms with E-state index in [2.05, 4.69) is 41.5 Å². The summed E-state index contributed by atoms with van der Waals surface area (Å²) < 4.78 is 68.9. The van der Waals surface area contributed by atoms with Crippen LogP contribution in [0.1, 0.15) is 459 Å². The lowest BCUT2D eigenvalue weighted by molar-refractivity contribution is -0.161. The highest BCUT2D eigenvalue weighted by atomic mass is 31.2. The molecule has 0 fully saturated rings. The van der Waals surface area contributed by atoms with Crippen LogP contribution < -0.4 is 0 Å². The Labute approximate surface area is 645 Å². The lowest BCUT2D eigenvalue weighted by Gasteiger charge is -2.21. The number of esters is 4. The van der Waals surface area contributed by atoms with Crippen molar-refractivity contribution < 1.29 is 80.2 Å². The Hall–Kier alpha value is -1.94. The average Bonchev–Trinajstić information content (AvgIpc) is 0.909. The van der Waals surface area contributed by atoms with Crippen molar-refractivity contribution in [2.45, 2.75) is 477 Å². The van der Waals surface area contributed by atoms with Gasteiger partial charge in [-0.05, 0) is 37.5 Å². The Morgan fingerprint density at radius 2 is 0.486 bits per heavy atom. The molecule has 0 aromatic heterocycles. The molecule has 3 N–H and O–H groups in total. The molecule has 0 radical (unpaired) electrons. The standard InChI is InChI=1S/C86H168O17P2/c1-7-10-12-14-16-18-20-22-24-26-27-28-29-31-33-39-43-47-51-59-64-70-85(90)102-81(74-96-83(88)68-62-56-49-45-41-37-35-34-36-40-44-48-55-61-67-79(6)9-3)76-100-104(92,93)98-72-80(87)73-99-105(94,95)101-77-82(75-97-84(89)69-63-57-53-52-54-60-66-78(4)5)103-86(91)71-65-58-50-46-42-38-32-30-25-23-21-19-17-15-13-11-8-2/h78-82,87H,7-77H2,1-6H3,(H,92,93)(H,94,95)/t79?,80-,81-,82-/m1/s1. The van der Waals surface area contributed by atoms with Crippen LogP contribution >= 0.6 is 15.6 Å². The second-order valence-corrected chi connectivity index (χ2v) is 34.6. The zero-order valence-corrected chi connectivity index (χ0v) is 70.8. The molecule has 0 aliphatic heterocycles. The number of carbonyl (C=O) groups excluding carboxylic acids is 4. The molecule has 0 heterocycles. The lowest BCUT2D eigenvalue weighted by Crippen LogP contribution is -2.30. The third kappa shape index (κ3) is 78.5. The normalized spacial score (nSPS) is 14.1. The summed E-state index contributed by atoms with van der Waals surface area (Å²) in [6.45, 7) is 9.64. The van der Waals surface area contributed by atoms with Crippen LogP contribution in [0.5, 0.6) is 0 Å². The third-order valence-corrected chi connectivity index (χ3v) is 22.5. The van der Waals surface area contributed by atoms with Gasteiger partial charge in [-0.2, -0.15) is 0 Å². The van der Waals surface area contributed by atoms with Gasteiger partial charge in [0, 0.05) is 25.7 Å². The number of aliphatic hydroxyl groups excluding tert-OH is 1. The predicted molar refractivity (Wildman–Crippen MR) is 432 cm³/mol. The van der Waals surface area contributed by atoms with E-state index in [4.69, 9.17) is 37.0 Å². The first-order chi connectivity index (χ1) is 50.9. The Bertz CT molecular complexity index is 2010. The quantitative estimate of drug-likeness (QED) is 0.0222. The van der Waals surface area contributed by atoms with E-state index in [0.717, 1.165) is 102 Å². The molecule has 0 saturated carbocycles. The minimum absolute atomic E-state index is 0.108. The Morgan fingerprint density at radius 3 is 0.724 bits per heavy atom. The van der Waals surface area contributed by atoms with Crippen LogP contribution in [0, 0.1) is 11.8 Å². The maximum atomic E-state index is 13.1. The summed E-state index contributed by atoms with van der Waals surface area (Å²) in [5, 5.41) is 10.7. The number of carbonyl (C=O) groups is 4. The first-order valence-electron chi connectivity index (χ1n) is 44.5. The van der Waals surface area contributed by atoms with Crippen molar-refractivity contribution in [1.29, 1.82) is 0 Å². The highest BCUT2D eigenvalue weighted by Crippen LogP contribution is 2.45. The highest BCUT2D eigenvalue weighted by Gasteiger charge is 2.30. The topological polar surface area (TPSA) is 237 Å². The van der Waals surface area contributed by atoms with Crippen LogP contribution in [0.25, 0.3) is 0 Å². The fourth-order valence-electron chi connectivity index (χ4n) is 13.4. The summed E-state index contributed by atoms with van der Waals surface area (Å²) in [5.74, 6) is -0.575. The molecule has 624 valence electrons. The average molecular weight is 1540 g/mol. The SMILES string of the molecule is CCCCCCCCCCCCCCCCCCCCCCCC(=O)O[C@H](COC(=O)CCCCCCCCCCCCCCCCC(C)CC)COP(=O)(O)OC[C@@H](O)COP(=O)(O)OC[C@@H](COC(=O)CCCCCCCCC(C)C)OC(=O)CCCCCCCCCCCCCCCCCCC. The number of phosphoric acid groups is 2. The molecule has 0 rings (SSSR count). The number of phosphoric ester groups is 2. The van der Waals surface area contributed by atoms with Crippen molar-refractivity contribution in [2.24, 2.45) is 11.8 Å². The summed E-state index contributed by atoms with van der Waals surface area (Å²) in [6.07, 6.45) is 69.6. The van der Waals surface area contributed by atoms with Crippen LogP contribution in [0.15, 0.2) is 0 Å². The van der Waals surface area contributed by atoms with Gasteiger partial charge in [-0.25, -0.2) is 9.13 Å². The molecule has 0 aliphatic carbocycles. The number of hydrogen-bond donors (Lipinski definition) is 3. The molecule has 105 heavy (non-hydrogen) atoms. The molecule has 0 aliphatic rings. The molecular formula is C86H168O17P2. The predicted octanol–water partition coefficient (Wildman–Crippen LogP) is 26.2. The Morgan fingerprint density at radius 1 is 0.276 bits per heavy atom. The number of unbranched alkanes of at least 4 members (excludes halogenated alkanes) is 54. The fourth-order valence-corrected chi connectivity index (χ4v) is 15.0. The fraction of sp³-hybridized carbons (Fsp3) is 0.953. The van der Waals surface area contributed by atoms with Crippen molar-refractivity contribution in [3.8, 4) is 0 Å². The van der Waals surface area contributed by atoms with E-state index in [-0.39, 0.29) is 25.7 Å². The van der Waals surface area contributed by atoms with E-state index in [1.807, 2.05) is 0 Å². The second-order valence-electron chi connectivity index (χ2n) is 31.6. The van der Waals surface area contributed by atoms with Gasteiger partial charge in [0.05, 0.1) is 26.4 Å². The Kier molecular flexibility index (Phi) is 76.0. The van der Waals surface area contributed by atoms with Crippen molar-refractivity contribution in [3.05, 3.63) is 0 Å². The first-order valence-corrected chi connectivity index (χ1v) is 47.5. The largest absolute Gasteiger partial charge is 0.472 e.